The maximum Gasteiger partial charge on any atom is 0.163 e. The van der Waals surface area contributed by atoms with Gasteiger partial charge in [0.1, 0.15) is 24.0 Å². The van der Waals surface area contributed by atoms with Gasteiger partial charge in [0.25, 0.3) is 0 Å². The standard InChI is InChI=1S/C25H31NO5/c1-25(2)30-22(18-28-17-20-12-8-5-9-13-20)24(31-25)23-21(27-3)14-15-29-26(23)16-19-10-6-4-7-11-19/h4-14,22-24H,15-18H2,1-3H3/t22-,23+,24-/m0/s1. The Morgan fingerprint density at radius 3 is 2.32 bits per heavy atom. The molecule has 0 unspecified atom stereocenters. The highest BCUT2D eigenvalue weighted by molar-refractivity contribution is 5.17. The van der Waals surface area contributed by atoms with Crippen LogP contribution in [0.4, 0.5) is 0 Å². The molecule has 2 aromatic carbocycles. The number of rotatable bonds is 8. The minimum Gasteiger partial charge on any atom is -0.499 e. The fourth-order valence-electron chi connectivity index (χ4n) is 4.12. The Hall–Kier alpha value is -2.22. The lowest BCUT2D eigenvalue weighted by molar-refractivity contribution is -0.224. The smallest absolute Gasteiger partial charge is 0.163 e. The summed E-state index contributed by atoms with van der Waals surface area (Å²) in [6, 6.07) is 20.1. The van der Waals surface area contributed by atoms with Crippen LogP contribution in [0, 0.1) is 0 Å². The largest absolute Gasteiger partial charge is 0.499 e. The van der Waals surface area contributed by atoms with Gasteiger partial charge in [0.2, 0.25) is 0 Å². The maximum absolute atomic E-state index is 6.36. The van der Waals surface area contributed by atoms with Crippen molar-refractivity contribution in [3.8, 4) is 0 Å². The highest BCUT2D eigenvalue weighted by Gasteiger charge is 2.49. The van der Waals surface area contributed by atoms with E-state index in [-0.39, 0.29) is 18.2 Å². The lowest BCUT2D eigenvalue weighted by Crippen LogP contribution is -2.51. The van der Waals surface area contributed by atoms with Crippen LogP contribution in [-0.2, 0) is 36.9 Å². The molecule has 6 heteroatoms. The van der Waals surface area contributed by atoms with Crippen molar-refractivity contribution < 1.29 is 23.8 Å². The summed E-state index contributed by atoms with van der Waals surface area (Å²) in [7, 11) is 1.69. The van der Waals surface area contributed by atoms with Crippen molar-refractivity contribution in [3.05, 3.63) is 83.6 Å². The Morgan fingerprint density at radius 1 is 0.968 bits per heavy atom. The van der Waals surface area contributed by atoms with E-state index in [1.54, 1.807) is 7.11 Å². The molecule has 0 spiro atoms. The first-order valence-electron chi connectivity index (χ1n) is 10.7. The summed E-state index contributed by atoms with van der Waals surface area (Å²) in [4.78, 5) is 6.03. The third-order valence-corrected chi connectivity index (χ3v) is 5.47. The molecule has 0 aromatic heterocycles. The van der Waals surface area contributed by atoms with Crippen molar-refractivity contribution in [2.75, 3.05) is 20.3 Å². The number of hydrogen-bond donors (Lipinski definition) is 0. The van der Waals surface area contributed by atoms with Crippen LogP contribution in [0.5, 0.6) is 0 Å². The molecule has 0 aliphatic carbocycles. The monoisotopic (exact) mass is 425 g/mol. The van der Waals surface area contributed by atoms with Crippen molar-refractivity contribution in [2.45, 2.75) is 51.0 Å². The van der Waals surface area contributed by atoms with Crippen molar-refractivity contribution in [3.63, 3.8) is 0 Å². The van der Waals surface area contributed by atoms with E-state index in [2.05, 4.69) is 24.3 Å². The molecule has 0 N–H and O–H groups in total. The zero-order chi connectivity index (χ0) is 21.7. The molecule has 2 aromatic rings. The lowest BCUT2D eigenvalue weighted by Gasteiger charge is -2.38. The van der Waals surface area contributed by atoms with Gasteiger partial charge in [0.05, 0.1) is 33.5 Å². The van der Waals surface area contributed by atoms with E-state index in [4.69, 9.17) is 23.8 Å². The lowest BCUT2D eigenvalue weighted by atomic mass is 10.0. The van der Waals surface area contributed by atoms with Gasteiger partial charge < -0.3 is 18.9 Å². The predicted molar refractivity (Wildman–Crippen MR) is 117 cm³/mol. The van der Waals surface area contributed by atoms with E-state index >= 15 is 0 Å². The van der Waals surface area contributed by atoms with Gasteiger partial charge in [-0.1, -0.05) is 60.7 Å². The van der Waals surface area contributed by atoms with Gasteiger partial charge in [-0.3, -0.25) is 4.84 Å². The molecule has 2 aliphatic heterocycles. The first-order valence-corrected chi connectivity index (χ1v) is 10.7. The van der Waals surface area contributed by atoms with Crippen LogP contribution in [0.25, 0.3) is 0 Å². The minimum absolute atomic E-state index is 0.244. The second-order valence-electron chi connectivity index (χ2n) is 8.25. The van der Waals surface area contributed by atoms with Gasteiger partial charge >= 0.3 is 0 Å². The molecule has 1 saturated heterocycles. The normalized spacial score (nSPS) is 25.9. The summed E-state index contributed by atoms with van der Waals surface area (Å²) in [6.07, 6.45) is 1.39. The second-order valence-corrected chi connectivity index (χ2v) is 8.25. The zero-order valence-electron chi connectivity index (χ0n) is 18.4. The number of methoxy groups -OCH3 is 1. The summed E-state index contributed by atoms with van der Waals surface area (Å²) in [6.45, 7) is 5.87. The Balaban J connectivity index is 1.51. The minimum atomic E-state index is -0.722. The molecule has 31 heavy (non-hydrogen) atoms. The van der Waals surface area contributed by atoms with E-state index < -0.39 is 5.79 Å². The second kappa shape index (κ2) is 9.94. The van der Waals surface area contributed by atoms with Crippen molar-refractivity contribution >= 4 is 0 Å². The predicted octanol–water partition coefficient (Wildman–Crippen LogP) is 4.07. The molecule has 4 rings (SSSR count). The summed E-state index contributed by atoms with van der Waals surface area (Å²) >= 11 is 0. The Bertz CT molecular complexity index is 855. The summed E-state index contributed by atoms with van der Waals surface area (Å²) in [5.74, 6) is 0.0988. The number of benzene rings is 2. The third-order valence-electron chi connectivity index (χ3n) is 5.47. The molecule has 0 saturated carbocycles. The van der Waals surface area contributed by atoms with Crippen LogP contribution in [-0.4, -0.2) is 49.4 Å². The molecule has 2 heterocycles. The van der Waals surface area contributed by atoms with Gasteiger partial charge in [-0.05, 0) is 31.1 Å². The molecular weight excluding hydrogens is 394 g/mol. The third kappa shape index (κ3) is 5.53. The summed E-state index contributed by atoms with van der Waals surface area (Å²) < 4.78 is 24.3. The Morgan fingerprint density at radius 2 is 1.65 bits per heavy atom. The number of nitrogens with zero attached hydrogens (tertiary/aromatic N) is 1. The SMILES string of the molecule is COC1=CCON(Cc2ccccc2)[C@H]1[C@H]1OC(C)(C)O[C@H]1COCc1ccccc1. The zero-order valence-corrected chi connectivity index (χ0v) is 18.4. The van der Waals surface area contributed by atoms with Gasteiger partial charge in [-0.25, -0.2) is 0 Å². The first-order chi connectivity index (χ1) is 15.1. The molecular formula is C25H31NO5. The molecule has 0 amide bonds. The fraction of sp³-hybridized carbons (Fsp3) is 0.440. The van der Waals surface area contributed by atoms with Crippen LogP contribution in [0.2, 0.25) is 0 Å². The van der Waals surface area contributed by atoms with E-state index in [1.807, 2.05) is 61.4 Å². The average Bonchev–Trinajstić information content (AvgIpc) is 3.09. The van der Waals surface area contributed by atoms with Crippen molar-refractivity contribution in [1.29, 1.82) is 0 Å². The van der Waals surface area contributed by atoms with E-state index in [9.17, 15) is 0 Å². The summed E-state index contributed by atoms with van der Waals surface area (Å²) in [5.41, 5.74) is 2.28. The molecule has 6 nitrogen and oxygen atoms in total. The number of ether oxygens (including phenoxy) is 4. The summed E-state index contributed by atoms with van der Waals surface area (Å²) in [5, 5.41) is 1.94. The van der Waals surface area contributed by atoms with E-state index in [1.165, 1.54) is 0 Å². The van der Waals surface area contributed by atoms with E-state index in [0.717, 1.165) is 16.9 Å². The highest BCUT2D eigenvalue weighted by Crippen LogP contribution is 2.36. The van der Waals surface area contributed by atoms with Crippen LogP contribution in [0.1, 0.15) is 25.0 Å². The van der Waals surface area contributed by atoms with Crippen LogP contribution >= 0.6 is 0 Å². The van der Waals surface area contributed by atoms with Crippen LogP contribution < -0.4 is 0 Å². The molecule has 3 atom stereocenters. The maximum atomic E-state index is 6.36. The molecule has 166 valence electrons. The van der Waals surface area contributed by atoms with Gasteiger partial charge in [-0.2, -0.15) is 5.06 Å². The molecule has 0 radical (unpaired) electrons. The molecule has 1 fully saturated rings. The van der Waals surface area contributed by atoms with E-state index in [0.29, 0.717) is 26.4 Å². The fourth-order valence-corrected chi connectivity index (χ4v) is 4.12. The average molecular weight is 426 g/mol. The highest BCUT2D eigenvalue weighted by atomic mass is 16.8. The van der Waals surface area contributed by atoms with Gasteiger partial charge in [0.15, 0.2) is 5.79 Å². The molecule has 0 bridgehead atoms. The van der Waals surface area contributed by atoms with Crippen LogP contribution in [0.15, 0.2) is 72.5 Å². The van der Waals surface area contributed by atoms with Crippen LogP contribution in [0.3, 0.4) is 0 Å². The Labute approximate surface area is 184 Å². The van der Waals surface area contributed by atoms with Crippen molar-refractivity contribution in [1.82, 2.24) is 5.06 Å². The number of hydrogen-bond acceptors (Lipinski definition) is 6. The van der Waals surface area contributed by atoms with Crippen molar-refractivity contribution in [2.24, 2.45) is 0 Å². The topological polar surface area (TPSA) is 49.4 Å². The number of hydroxylamine groups is 2. The van der Waals surface area contributed by atoms with Gasteiger partial charge in [0, 0.05) is 0 Å². The Kier molecular flexibility index (Phi) is 7.05. The quantitative estimate of drug-likeness (QED) is 0.636. The molecule has 2 aliphatic rings. The van der Waals surface area contributed by atoms with Gasteiger partial charge in [-0.15, -0.1) is 0 Å². The first kappa shape index (κ1) is 22.0.